The summed E-state index contributed by atoms with van der Waals surface area (Å²) in [6.07, 6.45) is 2.03. The SMILES string of the molecule is CCCOCCCNC(=O)[C@@H](N)Cc1ccc(O)c(O)c1. The number of aromatic hydroxyl groups is 2. The van der Waals surface area contributed by atoms with Gasteiger partial charge in [0.1, 0.15) is 0 Å². The molecule has 0 fully saturated rings. The van der Waals surface area contributed by atoms with Gasteiger partial charge in [-0.25, -0.2) is 0 Å². The first-order valence-electron chi connectivity index (χ1n) is 7.16. The Labute approximate surface area is 124 Å². The zero-order valence-electron chi connectivity index (χ0n) is 12.3. The van der Waals surface area contributed by atoms with Crippen molar-refractivity contribution in [3.63, 3.8) is 0 Å². The molecule has 0 aromatic heterocycles. The number of phenolic OH excluding ortho intramolecular Hbond substituents is 2. The number of benzene rings is 1. The van der Waals surface area contributed by atoms with Crippen LogP contribution in [0.1, 0.15) is 25.3 Å². The maximum Gasteiger partial charge on any atom is 0.237 e. The summed E-state index contributed by atoms with van der Waals surface area (Å²) in [6.45, 7) is 3.92. The molecular weight excluding hydrogens is 272 g/mol. The predicted octanol–water partition coefficient (Wildman–Crippen LogP) is 0.900. The van der Waals surface area contributed by atoms with E-state index in [9.17, 15) is 15.0 Å². The lowest BCUT2D eigenvalue weighted by atomic mass is 10.1. The van der Waals surface area contributed by atoms with Gasteiger partial charge in [-0.2, -0.15) is 0 Å². The Morgan fingerprint density at radius 3 is 2.76 bits per heavy atom. The minimum Gasteiger partial charge on any atom is -0.504 e. The Morgan fingerprint density at radius 1 is 1.33 bits per heavy atom. The van der Waals surface area contributed by atoms with Crippen LogP contribution in [0.15, 0.2) is 18.2 Å². The van der Waals surface area contributed by atoms with Gasteiger partial charge in [-0.15, -0.1) is 0 Å². The van der Waals surface area contributed by atoms with E-state index in [2.05, 4.69) is 5.32 Å². The normalized spacial score (nSPS) is 12.1. The molecule has 6 heteroatoms. The number of hydrogen-bond donors (Lipinski definition) is 4. The highest BCUT2D eigenvalue weighted by atomic mass is 16.5. The first-order valence-corrected chi connectivity index (χ1v) is 7.16. The molecule has 1 aromatic rings. The van der Waals surface area contributed by atoms with Gasteiger partial charge in [0.25, 0.3) is 0 Å². The monoisotopic (exact) mass is 296 g/mol. The molecule has 0 radical (unpaired) electrons. The van der Waals surface area contributed by atoms with Crippen molar-refractivity contribution in [2.75, 3.05) is 19.8 Å². The van der Waals surface area contributed by atoms with E-state index < -0.39 is 6.04 Å². The molecular formula is C15H24N2O4. The molecule has 1 aromatic carbocycles. The number of ether oxygens (including phenoxy) is 1. The highest BCUT2D eigenvalue weighted by Gasteiger charge is 2.14. The second-order valence-corrected chi connectivity index (χ2v) is 4.89. The topological polar surface area (TPSA) is 105 Å². The van der Waals surface area contributed by atoms with Crippen molar-refractivity contribution in [2.24, 2.45) is 5.73 Å². The van der Waals surface area contributed by atoms with Crippen molar-refractivity contribution in [1.82, 2.24) is 5.32 Å². The molecule has 0 heterocycles. The molecule has 0 aliphatic heterocycles. The Morgan fingerprint density at radius 2 is 2.10 bits per heavy atom. The van der Waals surface area contributed by atoms with Crippen molar-refractivity contribution < 1.29 is 19.7 Å². The van der Waals surface area contributed by atoms with E-state index in [4.69, 9.17) is 10.5 Å². The summed E-state index contributed by atoms with van der Waals surface area (Å²) in [4.78, 5) is 11.8. The second-order valence-electron chi connectivity index (χ2n) is 4.89. The van der Waals surface area contributed by atoms with Crippen LogP contribution >= 0.6 is 0 Å². The van der Waals surface area contributed by atoms with Gasteiger partial charge < -0.3 is 26.0 Å². The summed E-state index contributed by atoms with van der Waals surface area (Å²) in [7, 11) is 0. The van der Waals surface area contributed by atoms with E-state index in [-0.39, 0.29) is 17.4 Å². The Bertz CT molecular complexity index is 451. The standard InChI is InChI=1S/C15H24N2O4/c1-2-7-21-8-3-6-17-15(20)12(16)9-11-4-5-13(18)14(19)10-11/h4-5,10,12,18-19H,2-3,6-9,16H2,1H3,(H,17,20)/t12-/m0/s1. The molecule has 0 aliphatic rings. The average molecular weight is 296 g/mol. The van der Waals surface area contributed by atoms with Crippen LogP contribution < -0.4 is 11.1 Å². The molecule has 1 amide bonds. The quantitative estimate of drug-likeness (QED) is 0.400. The van der Waals surface area contributed by atoms with Gasteiger partial charge in [-0.3, -0.25) is 4.79 Å². The van der Waals surface area contributed by atoms with E-state index in [1.54, 1.807) is 6.07 Å². The molecule has 21 heavy (non-hydrogen) atoms. The molecule has 0 aliphatic carbocycles. The third kappa shape index (κ3) is 6.46. The largest absolute Gasteiger partial charge is 0.504 e. The fourth-order valence-corrected chi connectivity index (χ4v) is 1.81. The third-order valence-corrected chi connectivity index (χ3v) is 2.95. The fourth-order valence-electron chi connectivity index (χ4n) is 1.81. The molecule has 0 unspecified atom stereocenters. The van der Waals surface area contributed by atoms with Crippen molar-refractivity contribution >= 4 is 5.91 Å². The van der Waals surface area contributed by atoms with Gasteiger partial charge in [0.2, 0.25) is 5.91 Å². The van der Waals surface area contributed by atoms with Crippen LogP contribution in [0.4, 0.5) is 0 Å². The van der Waals surface area contributed by atoms with E-state index in [0.29, 0.717) is 25.1 Å². The molecule has 6 nitrogen and oxygen atoms in total. The minimum absolute atomic E-state index is 0.191. The van der Waals surface area contributed by atoms with Crippen LogP contribution in [-0.4, -0.2) is 41.9 Å². The second kappa shape index (κ2) is 9.20. The smallest absolute Gasteiger partial charge is 0.237 e. The van der Waals surface area contributed by atoms with E-state index in [1.165, 1.54) is 12.1 Å². The lowest BCUT2D eigenvalue weighted by molar-refractivity contribution is -0.122. The summed E-state index contributed by atoms with van der Waals surface area (Å²) >= 11 is 0. The molecule has 0 saturated carbocycles. The first-order chi connectivity index (χ1) is 10.0. The zero-order valence-corrected chi connectivity index (χ0v) is 12.3. The summed E-state index contributed by atoms with van der Waals surface area (Å²) < 4.78 is 5.31. The zero-order chi connectivity index (χ0) is 15.7. The lowest BCUT2D eigenvalue weighted by Crippen LogP contribution is -2.42. The van der Waals surface area contributed by atoms with Gasteiger partial charge in [0.05, 0.1) is 6.04 Å². The molecule has 0 bridgehead atoms. The summed E-state index contributed by atoms with van der Waals surface area (Å²) in [6, 6.07) is 3.72. The summed E-state index contributed by atoms with van der Waals surface area (Å²) in [5.74, 6) is -0.643. The lowest BCUT2D eigenvalue weighted by Gasteiger charge is -2.13. The number of carbonyl (C=O) groups excluding carboxylic acids is 1. The highest BCUT2D eigenvalue weighted by molar-refractivity contribution is 5.81. The molecule has 118 valence electrons. The average Bonchev–Trinajstić information content (AvgIpc) is 2.46. The maximum atomic E-state index is 11.8. The van der Waals surface area contributed by atoms with Gasteiger partial charge >= 0.3 is 0 Å². The van der Waals surface area contributed by atoms with Crippen molar-refractivity contribution in [3.8, 4) is 11.5 Å². The number of carbonyl (C=O) groups is 1. The van der Waals surface area contributed by atoms with Gasteiger partial charge in [-0.1, -0.05) is 13.0 Å². The van der Waals surface area contributed by atoms with Crippen LogP contribution in [-0.2, 0) is 16.0 Å². The maximum absolute atomic E-state index is 11.8. The molecule has 0 saturated heterocycles. The summed E-state index contributed by atoms with van der Waals surface area (Å²) in [5.41, 5.74) is 6.51. The number of nitrogens with one attached hydrogen (secondary N) is 1. The van der Waals surface area contributed by atoms with Gasteiger partial charge in [0, 0.05) is 19.8 Å². The van der Waals surface area contributed by atoms with Gasteiger partial charge in [-0.05, 0) is 37.0 Å². The molecule has 1 rings (SSSR count). The van der Waals surface area contributed by atoms with Crippen LogP contribution in [0.25, 0.3) is 0 Å². The highest BCUT2D eigenvalue weighted by Crippen LogP contribution is 2.25. The number of hydrogen-bond acceptors (Lipinski definition) is 5. The summed E-state index contributed by atoms with van der Waals surface area (Å²) in [5, 5.41) is 21.4. The number of phenols is 2. The molecule has 5 N–H and O–H groups in total. The Balaban J connectivity index is 2.29. The van der Waals surface area contributed by atoms with Crippen molar-refractivity contribution in [3.05, 3.63) is 23.8 Å². The van der Waals surface area contributed by atoms with Crippen LogP contribution in [0.2, 0.25) is 0 Å². The van der Waals surface area contributed by atoms with Gasteiger partial charge in [0.15, 0.2) is 11.5 Å². The Hall–Kier alpha value is -1.79. The molecule has 0 spiro atoms. The van der Waals surface area contributed by atoms with Crippen LogP contribution in [0.5, 0.6) is 11.5 Å². The van der Waals surface area contributed by atoms with Crippen LogP contribution in [0.3, 0.4) is 0 Å². The first kappa shape index (κ1) is 17.3. The van der Waals surface area contributed by atoms with E-state index >= 15 is 0 Å². The van der Waals surface area contributed by atoms with E-state index in [1.807, 2.05) is 6.92 Å². The number of nitrogens with two attached hydrogens (primary N) is 1. The van der Waals surface area contributed by atoms with Crippen LogP contribution in [0, 0.1) is 0 Å². The predicted molar refractivity (Wildman–Crippen MR) is 80.2 cm³/mol. The molecule has 1 atom stereocenters. The fraction of sp³-hybridized carbons (Fsp3) is 0.533. The third-order valence-electron chi connectivity index (χ3n) is 2.95. The van der Waals surface area contributed by atoms with Crippen molar-refractivity contribution in [2.45, 2.75) is 32.2 Å². The Kier molecular flexibility index (Phi) is 7.56. The van der Waals surface area contributed by atoms with E-state index in [0.717, 1.165) is 19.4 Å². The minimum atomic E-state index is -0.689. The number of amides is 1. The van der Waals surface area contributed by atoms with Crippen molar-refractivity contribution in [1.29, 1.82) is 0 Å². The number of rotatable bonds is 9.